The molecule has 3 rings (SSSR count). The second-order valence-electron chi connectivity index (χ2n) is 8.07. The molecule has 0 saturated heterocycles. The number of amides is 2. The van der Waals surface area contributed by atoms with Crippen LogP contribution >= 0.6 is 0 Å². The summed E-state index contributed by atoms with van der Waals surface area (Å²) in [5.41, 5.74) is 4.02. The van der Waals surface area contributed by atoms with Crippen LogP contribution in [0.3, 0.4) is 0 Å². The molecule has 3 aromatic rings. The Labute approximate surface area is 196 Å². The molecule has 0 bridgehead atoms. The molecule has 33 heavy (non-hydrogen) atoms. The molecule has 0 heterocycles. The fourth-order valence-electron chi connectivity index (χ4n) is 3.84. The number of benzene rings is 3. The zero-order valence-corrected chi connectivity index (χ0v) is 19.6. The molecule has 0 aromatic heterocycles. The number of rotatable bonds is 10. The Morgan fingerprint density at radius 1 is 0.909 bits per heavy atom. The molecule has 0 unspecified atom stereocenters. The van der Waals surface area contributed by atoms with Crippen LogP contribution in [0.2, 0.25) is 0 Å². The van der Waals surface area contributed by atoms with Crippen LogP contribution in [0.15, 0.2) is 78.9 Å². The molecule has 1 N–H and O–H groups in total. The third kappa shape index (κ3) is 6.69. The minimum absolute atomic E-state index is 0.0874. The van der Waals surface area contributed by atoms with Gasteiger partial charge in [0, 0.05) is 19.5 Å². The van der Waals surface area contributed by atoms with E-state index in [1.807, 2.05) is 92.7 Å². The van der Waals surface area contributed by atoms with Gasteiger partial charge in [-0.2, -0.15) is 0 Å². The summed E-state index contributed by atoms with van der Waals surface area (Å²) in [4.78, 5) is 28.5. The van der Waals surface area contributed by atoms with E-state index in [2.05, 4.69) is 5.32 Å². The number of nitrogens with zero attached hydrogens (tertiary/aromatic N) is 1. The summed E-state index contributed by atoms with van der Waals surface area (Å²) in [5.74, 6) is 0.515. The lowest BCUT2D eigenvalue weighted by atomic mass is 10.0. The van der Waals surface area contributed by atoms with Gasteiger partial charge in [-0.15, -0.1) is 0 Å². The molecule has 0 aliphatic heterocycles. The molecule has 172 valence electrons. The van der Waals surface area contributed by atoms with E-state index in [9.17, 15) is 9.59 Å². The highest BCUT2D eigenvalue weighted by atomic mass is 16.5. The van der Waals surface area contributed by atoms with Crippen LogP contribution < -0.4 is 10.1 Å². The molecule has 5 nitrogen and oxygen atoms in total. The van der Waals surface area contributed by atoms with Crippen molar-refractivity contribution in [3.63, 3.8) is 0 Å². The van der Waals surface area contributed by atoms with Gasteiger partial charge in [0.2, 0.25) is 11.8 Å². The Morgan fingerprint density at radius 2 is 1.58 bits per heavy atom. The highest BCUT2D eigenvalue weighted by Crippen LogP contribution is 2.19. The van der Waals surface area contributed by atoms with Gasteiger partial charge in [-0.25, -0.2) is 0 Å². The number of ether oxygens (including phenoxy) is 1. The Balaban J connectivity index is 1.94. The molecule has 0 spiro atoms. The monoisotopic (exact) mass is 444 g/mol. The number of carbonyl (C=O) groups is 2. The molecular weight excluding hydrogens is 412 g/mol. The zero-order chi connectivity index (χ0) is 23.6. The standard InChI is InChI=1S/C28H32N2O3/c1-4-29-28(32)26(18-22-11-6-5-7-12-22)30(20-24-13-9-8-10-21(24)2)27(31)19-23-14-16-25(33-3)17-15-23/h5-17,26H,4,18-20H2,1-3H3,(H,29,32)/t26-/m1/s1. The molecule has 1 atom stereocenters. The lowest BCUT2D eigenvalue weighted by molar-refractivity contribution is -0.140. The zero-order valence-electron chi connectivity index (χ0n) is 19.6. The van der Waals surface area contributed by atoms with Crippen molar-refractivity contribution in [2.24, 2.45) is 0 Å². The van der Waals surface area contributed by atoms with Crippen molar-refractivity contribution in [3.8, 4) is 5.75 Å². The molecular formula is C28H32N2O3. The Bertz CT molecular complexity index is 1050. The van der Waals surface area contributed by atoms with Gasteiger partial charge in [0.05, 0.1) is 13.5 Å². The first-order valence-electron chi connectivity index (χ1n) is 11.3. The van der Waals surface area contributed by atoms with Crippen molar-refractivity contribution in [1.82, 2.24) is 10.2 Å². The summed E-state index contributed by atoms with van der Waals surface area (Å²) >= 11 is 0. The van der Waals surface area contributed by atoms with E-state index in [1.165, 1.54) is 0 Å². The minimum atomic E-state index is -0.613. The van der Waals surface area contributed by atoms with Crippen molar-refractivity contribution >= 4 is 11.8 Å². The first-order valence-corrected chi connectivity index (χ1v) is 11.3. The average molecular weight is 445 g/mol. The maximum atomic E-state index is 13.6. The quantitative estimate of drug-likeness (QED) is 0.507. The number of methoxy groups -OCH3 is 1. The van der Waals surface area contributed by atoms with Gasteiger partial charge in [-0.05, 0) is 48.2 Å². The van der Waals surface area contributed by atoms with E-state index < -0.39 is 6.04 Å². The normalized spacial score (nSPS) is 11.5. The van der Waals surface area contributed by atoms with E-state index >= 15 is 0 Å². The summed E-state index contributed by atoms with van der Waals surface area (Å²) in [7, 11) is 1.62. The lowest BCUT2D eigenvalue weighted by Crippen LogP contribution is -2.51. The van der Waals surface area contributed by atoms with Crippen LogP contribution in [0, 0.1) is 6.92 Å². The maximum absolute atomic E-state index is 13.6. The van der Waals surface area contributed by atoms with Gasteiger partial charge >= 0.3 is 0 Å². The SMILES string of the molecule is CCNC(=O)[C@@H](Cc1ccccc1)N(Cc1ccccc1C)C(=O)Cc1ccc(OC)cc1. The number of likely N-dealkylation sites (N-methyl/N-ethyl adjacent to an activating group) is 1. The second kappa shape index (κ2) is 11.9. The molecule has 0 radical (unpaired) electrons. The van der Waals surface area contributed by atoms with E-state index in [1.54, 1.807) is 12.0 Å². The highest BCUT2D eigenvalue weighted by Gasteiger charge is 2.30. The third-order valence-corrected chi connectivity index (χ3v) is 5.74. The number of aryl methyl sites for hydroxylation is 1. The van der Waals surface area contributed by atoms with E-state index in [0.29, 0.717) is 19.5 Å². The number of hydrogen-bond acceptors (Lipinski definition) is 3. The second-order valence-corrected chi connectivity index (χ2v) is 8.07. The predicted octanol–water partition coefficient (Wildman–Crippen LogP) is 4.32. The van der Waals surface area contributed by atoms with Gasteiger partial charge < -0.3 is 15.0 Å². The summed E-state index contributed by atoms with van der Waals surface area (Å²) in [5, 5.41) is 2.93. The topological polar surface area (TPSA) is 58.6 Å². The summed E-state index contributed by atoms with van der Waals surface area (Å²) < 4.78 is 5.23. The van der Waals surface area contributed by atoms with Crippen molar-refractivity contribution in [2.75, 3.05) is 13.7 Å². The fourth-order valence-corrected chi connectivity index (χ4v) is 3.84. The van der Waals surface area contributed by atoms with Crippen LogP contribution in [0.25, 0.3) is 0 Å². The molecule has 2 amide bonds. The predicted molar refractivity (Wildman–Crippen MR) is 131 cm³/mol. The van der Waals surface area contributed by atoms with Crippen molar-refractivity contribution < 1.29 is 14.3 Å². The van der Waals surface area contributed by atoms with Gasteiger partial charge in [0.1, 0.15) is 11.8 Å². The Kier molecular flexibility index (Phi) is 8.64. The number of hydrogen-bond donors (Lipinski definition) is 1. The summed E-state index contributed by atoms with van der Waals surface area (Å²) in [6.07, 6.45) is 0.660. The van der Waals surface area contributed by atoms with Crippen LogP contribution in [0.5, 0.6) is 5.75 Å². The molecule has 3 aromatic carbocycles. The molecule has 0 fully saturated rings. The molecule has 0 aliphatic rings. The highest BCUT2D eigenvalue weighted by molar-refractivity contribution is 5.88. The Morgan fingerprint density at radius 3 is 2.21 bits per heavy atom. The third-order valence-electron chi connectivity index (χ3n) is 5.74. The molecule has 5 heteroatoms. The summed E-state index contributed by atoms with van der Waals surface area (Å²) in [6, 6.07) is 24.7. The number of nitrogens with one attached hydrogen (secondary N) is 1. The molecule has 0 saturated carbocycles. The first kappa shape index (κ1) is 24.1. The van der Waals surface area contributed by atoms with Crippen LogP contribution in [0.1, 0.15) is 29.2 Å². The van der Waals surface area contributed by atoms with Gasteiger partial charge in [-0.3, -0.25) is 9.59 Å². The van der Waals surface area contributed by atoms with Crippen molar-refractivity contribution in [1.29, 1.82) is 0 Å². The fraction of sp³-hybridized carbons (Fsp3) is 0.286. The smallest absolute Gasteiger partial charge is 0.243 e. The average Bonchev–Trinajstić information content (AvgIpc) is 2.83. The van der Waals surface area contributed by atoms with Gasteiger partial charge in [-0.1, -0.05) is 66.7 Å². The Hall–Kier alpha value is -3.60. The van der Waals surface area contributed by atoms with Crippen molar-refractivity contribution in [2.45, 2.75) is 39.3 Å². The largest absolute Gasteiger partial charge is 0.497 e. The van der Waals surface area contributed by atoms with Gasteiger partial charge in [0.25, 0.3) is 0 Å². The van der Waals surface area contributed by atoms with Crippen LogP contribution in [-0.2, 0) is 29.0 Å². The first-order chi connectivity index (χ1) is 16.0. The van der Waals surface area contributed by atoms with E-state index in [0.717, 1.165) is 28.0 Å². The lowest BCUT2D eigenvalue weighted by Gasteiger charge is -2.32. The minimum Gasteiger partial charge on any atom is -0.497 e. The maximum Gasteiger partial charge on any atom is 0.243 e. The van der Waals surface area contributed by atoms with E-state index in [4.69, 9.17) is 4.74 Å². The van der Waals surface area contributed by atoms with Crippen LogP contribution in [0.4, 0.5) is 0 Å². The summed E-state index contributed by atoms with van der Waals surface area (Å²) in [6.45, 7) is 4.80. The van der Waals surface area contributed by atoms with Crippen molar-refractivity contribution in [3.05, 3.63) is 101 Å². The number of carbonyl (C=O) groups excluding carboxylic acids is 2. The van der Waals surface area contributed by atoms with Gasteiger partial charge in [0.15, 0.2) is 0 Å². The molecule has 0 aliphatic carbocycles. The van der Waals surface area contributed by atoms with E-state index in [-0.39, 0.29) is 18.2 Å². The van der Waals surface area contributed by atoms with Crippen LogP contribution in [-0.4, -0.2) is 36.4 Å².